The lowest BCUT2D eigenvalue weighted by molar-refractivity contribution is -0.138. The maximum absolute atomic E-state index is 12.6. The Labute approximate surface area is 445 Å². The summed E-state index contributed by atoms with van der Waals surface area (Å²) in [5.41, 5.74) is 6.15. The highest BCUT2D eigenvalue weighted by atomic mass is 32.2. The molecule has 0 bridgehead atoms. The van der Waals surface area contributed by atoms with Crippen LogP contribution in [-0.2, 0) is 33.3 Å². The highest BCUT2D eigenvalue weighted by Gasteiger charge is 2.33. The molecule has 0 atom stereocenters. The van der Waals surface area contributed by atoms with E-state index in [1.165, 1.54) is 24.3 Å². The van der Waals surface area contributed by atoms with Crippen LogP contribution in [0.15, 0.2) is 141 Å². The van der Waals surface area contributed by atoms with Crippen LogP contribution >= 0.6 is 11.8 Å². The fourth-order valence-corrected chi connectivity index (χ4v) is 7.79. The van der Waals surface area contributed by atoms with E-state index in [2.05, 4.69) is 72.2 Å². The molecular weight excluding hydrogens is 995 g/mol. The number of para-hydroxylation sites is 1. The van der Waals surface area contributed by atoms with Crippen molar-refractivity contribution in [3.63, 3.8) is 0 Å². The third-order valence-corrected chi connectivity index (χ3v) is 11.5. The molecule has 8 N–H and O–H groups in total. The SMILES string of the molecule is CCOC(=O)C1=C(O)/C(=C/c2ccc(OCCOCCOCCOCCNC(=O)c3cc(NC=O)cc(NC=O)c3)c(O)c2)SC1=Nc1ccccc1.CNc1ccc(C#N)cc1.CNc1ccc(C2=NCCN2)cc1. The number of ether oxygens (including phenoxy) is 5. The second-order valence-corrected chi connectivity index (χ2v) is 16.8. The molecule has 3 amide bonds. The lowest BCUT2D eigenvalue weighted by atomic mass is 10.1. The Balaban J connectivity index is 0.000000374. The van der Waals surface area contributed by atoms with Gasteiger partial charge in [-0.25, -0.2) is 9.79 Å². The van der Waals surface area contributed by atoms with E-state index >= 15 is 0 Å². The van der Waals surface area contributed by atoms with Crippen molar-refractivity contribution >= 4 is 81.9 Å². The number of thioether (sulfide) groups is 1. The van der Waals surface area contributed by atoms with Crippen molar-refractivity contribution in [2.24, 2.45) is 9.98 Å². The molecule has 2 aliphatic rings. The van der Waals surface area contributed by atoms with Crippen molar-refractivity contribution in [3.05, 3.63) is 154 Å². The predicted molar refractivity (Wildman–Crippen MR) is 296 cm³/mol. The second kappa shape index (κ2) is 32.5. The summed E-state index contributed by atoms with van der Waals surface area (Å²) in [5.74, 6) is -0.171. The average Bonchev–Trinajstić information content (AvgIpc) is 4.09. The van der Waals surface area contributed by atoms with E-state index < -0.39 is 11.9 Å². The molecule has 20 nitrogen and oxygen atoms in total. The molecule has 0 fully saturated rings. The number of amides is 3. The van der Waals surface area contributed by atoms with Crippen molar-refractivity contribution < 1.29 is 53.1 Å². The highest BCUT2D eigenvalue weighted by Crippen LogP contribution is 2.41. The standard InChI is InChI=1S/C37H40N4O11S.C10H13N3.C8H8N2/c1-2-51-37(47)33-34(45)32(53-36(33)41-27-6-4-3-5-7-27)19-25-8-9-31(30(44)18-25)52-17-16-50-15-14-49-13-12-48-11-10-38-35(46)26-20-28(39-23-42)22-29(21-26)40-24-43;1-11-9-4-2-8(3-5-9)10-12-6-7-13-10;1-10-8-4-2-7(6-9)3-5-8/h3-9,18-24,44-45H,2,10-17H2,1H3,(H,38,46)(H,39,42)(H,40,43);2-5,11H,6-7H2,1H3,(H,12,13);2-5,10H,1H3/b32-19-,41-36?;;. The largest absolute Gasteiger partial charge is 0.506 e. The fourth-order valence-electron chi connectivity index (χ4n) is 6.76. The first-order valence-corrected chi connectivity index (χ1v) is 24.8. The predicted octanol–water partition coefficient (Wildman–Crippen LogP) is 7.26. The van der Waals surface area contributed by atoms with Gasteiger partial charge in [-0.05, 0) is 110 Å². The Morgan fingerprint density at radius 2 is 1.39 bits per heavy atom. The van der Waals surface area contributed by atoms with Gasteiger partial charge < -0.3 is 65.8 Å². The van der Waals surface area contributed by atoms with Gasteiger partial charge in [-0.3, -0.25) is 19.4 Å². The van der Waals surface area contributed by atoms with Crippen LogP contribution in [0.3, 0.4) is 0 Å². The van der Waals surface area contributed by atoms with Gasteiger partial charge in [0.25, 0.3) is 5.91 Å². The number of aliphatic imine (C=N–C) groups is 2. The van der Waals surface area contributed by atoms with E-state index in [1.807, 2.05) is 44.4 Å². The van der Waals surface area contributed by atoms with E-state index in [0.29, 0.717) is 77.4 Å². The van der Waals surface area contributed by atoms with Crippen LogP contribution in [0.2, 0.25) is 0 Å². The van der Waals surface area contributed by atoms with Gasteiger partial charge in [-0.1, -0.05) is 36.0 Å². The number of aliphatic hydroxyl groups is 1. The van der Waals surface area contributed by atoms with Crippen LogP contribution in [0, 0.1) is 11.3 Å². The monoisotopic (exact) mass is 1060 g/mol. The zero-order valence-electron chi connectivity index (χ0n) is 42.3. The molecule has 5 aromatic carbocycles. The van der Waals surface area contributed by atoms with Gasteiger partial charge in [0.05, 0.1) is 75.0 Å². The Bertz CT molecular complexity index is 2830. The average molecular weight is 1060 g/mol. The van der Waals surface area contributed by atoms with Crippen molar-refractivity contribution in [3.8, 4) is 17.6 Å². The maximum Gasteiger partial charge on any atom is 0.344 e. The lowest BCUT2D eigenvalue weighted by Gasteiger charge is -2.10. The number of nitriles is 1. The lowest BCUT2D eigenvalue weighted by Crippen LogP contribution is -2.27. The number of hydrogen-bond donors (Lipinski definition) is 8. The third-order valence-electron chi connectivity index (χ3n) is 10.5. The van der Waals surface area contributed by atoms with Crippen LogP contribution in [0.5, 0.6) is 11.5 Å². The molecule has 76 heavy (non-hydrogen) atoms. The minimum Gasteiger partial charge on any atom is -0.506 e. The number of aliphatic hydroxyl groups excluding tert-OH is 1. The normalized spacial score (nSPS) is 13.4. The molecule has 2 heterocycles. The molecule has 0 saturated carbocycles. The molecule has 0 aliphatic carbocycles. The smallest absolute Gasteiger partial charge is 0.344 e. The number of phenolic OH excluding ortho intramolecular Hbond substituents is 1. The quantitative estimate of drug-likeness (QED) is 0.0162. The molecule has 0 spiro atoms. The zero-order chi connectivity index (χ0) is 54.3. The van der Waals surface area contributed by atoms with E-state index in [0.717, 1.165) is 47.6 Å². The Morgan fingerprint density at radius 3 is 1.96 bits per heavy atom. The minimum atomic E-state index is -0.679. The molecule has 0 aromatic heterocycles. The Hall–Kier alpha value is -8.68. The van der Waals surface area contributed by atoms with E-state index in [-0.39, 0.29) is 61.4 Å². The molecule has 398 valence electrons. The Kier molecular flexibility index (Phi) is 24.9. The molecule has 0 radical (unpaired) electrons. The van der Waals surface area contributed by atoms with Crippen LogP contribution in [0.25, 0.3) is 6.08 Å². The van der Waals surface area contributed by atoms with Gasteiger partial charge in [0.15, 0.2) is 11.5 Å². The molecule has 0 saturated heterocycles. The molecule has 2 aliphatic heterocycles. The maximum atomic E-state index is 12.6. The summed E-state index contributed by atoms with van der Waals surface area (Å²) in [6, 6.07) is 35.9. The topological polar surface area (TPSA) is 276 Å². The second-order valence-electron chi connectivity index (χ2n) is 15.7. The van der Waals surface area contributed by atoms with E-state index in [1.54, 1.807) is 49.4 Å². The highest BCUT2D eigenvalue weighted by molar-refractivity contribution is 8.18. The number of nitrogens with one attached hydrogen (secondary N) is 6. The van der Waals surface area contributed by atoms with Crippen molar-refractivity contribution in [2.45, 2.75) is 6.92 Å². The van der Waals surface area contributed by atoms with Crippen LogP contribution in [-0.4, -0.2) is 132 Å². The summed E-state index contributed by atoms with van der Waals surface area (Å²) in [4.78, 5) is 55.8. The van der Waals surface area contributed by atoms with Gasteiger partial charge in [0.1, 0.15) is 28.8 Å². The van der Waals surface area contributed by atoms with Crippen molar-refractivity contribution in [2.75, 3.05) is 108 Å². The first-order valence-electron chi connectivity index (χ1n) is 24.0. The summed E-state index contributed by atoms with van der Waals surface area (Å²) in [7, 11) is 3.77. The number of carbonyl (C=O) groups is 4. The number of esters is 1. The zero-order valence-corrected chi connectivity index (χ0v) is 43.1. The number of carbonyl (C=O) groups excluding carboxylic acids is 4. The van der Waals surface area contributed by atoms with Gasteiger partial charge in [0.2, 0.25) is 12.8 Å². The van der Waals surface area contributed by atoms with Crippen LogP contribution < -0.4 is 36.6 Å². The van der Waals surface area contributed by atoms with Crippen molar-refractivity contribution in [1.82, 2.24) is 10.6 Å². The molecule has 7 rings (SSSR count). The van der Waals surface area contributed by atoms with Gasteiger partial charge >= 0.3 is 5.97 Å². The molecule has 21 heteroatoms. The van der Waals surface area contributed by atoms with Gasteiger partial charge in [-0.15, -0.1) is 0 Å². The summed E-state index contributed by atoms with van der Waals surface area (Å²) in [6.45, 7) is 5.86. The van der Waals surface area contributed by atoms with E-state index in [4.69, 9.17) is 28.9 Å². The number of amidine groups is 1. The number of rotatable bonds is 25. The summed E-state index contributed by atoms with van der Waals surface area (Å²) in [6.07, 6.45) is 2.58. The molecular formula is C55H61N9O11S. The first kappa shape index (κ1) is 58.2. The molecule has 5 aromatic rings. The number of nitrogens with zero attached hydrogens (tertiary/aromatic N) is 3. The van der Waals surface area contributed by atoms with Gasteiger partial charge in [-0.2, -0.15) is 5.26 Å². The van der Waals surface area contributed by atoms with Crippen LogP contribution in [0.1, 0.15) is 34.0 Å². The van der Waals surface area contributed by atoms with Crippen LogP contribution in [0.4, 0.5) is 28.4 Å². The number of aromatic hydroxyl groups is 1. The number of hydrogen-bond acceptors (Lipinski definition) is 18. The summed E-state index contributed by atoms with van der Waals surface area (Å²) >= 11 is 1.12. The van der Waals surface area contributed by atoms with E-state index in [9.17, 15) is 29.4 Å². The number of anilines is 4. The summed E-state index contributed by atoms with van der Waals surface area (Å²) in [5, 5.41) is 47.1. The van der Waals surface area contributed by atoms with Gasteiger partial charge in [0, 0.05) is 61.1 Å². The third kappa shape index (κ3) is 19.3. The molecule has 0 unspecified atom stereocenters. The first-order chi connectivity index (χ1) is 37.1. The number of phenols is 1. The number of benzene rings is 5. The fraction of sp³-hybridized carbons (Fsp3) is 0.255. The Morgan fingerprint density at radius 1 is 0.776 bits per heavy atom. The summed E-state index contributed by atoms with van der Waals surface area (Å²) < 4.78 is 27.2. The van der Waals surface area contributed by atoms with Crippen molar-refractivity contribution in [1.29, 1.82) is 5.26 Å². The minimum absolute atomic E-state index is 0.0193.